The van der Waals surface area contributed by atoms with E-state index < -0.39 is 5.91 Å². The molecule has 0 aliphatic heterocycles. The first-order chi connectivity index (χ1) is 15.8. The Labute approximate surface area is 197 Å². The van der Waals surface area contributed by atoms with Gasteiger partial charge in [-0.25, -0.2) is 0 Å². The largest absolute Gasteiger partial charge is 0.496 e. The van der Waals surface area contributed by atoms with Gasteiger partial charge in [0.25, 0.3) is 11.8 Å². The van der Waals surface area contributed by atoms with E-state index in [0.29, 0.717) is 29.8 Å². The lowest BCUT2D eigenvalue weighted by Gasteiger charge is -2.12. The molecule has 1 aliphatic carbocycles. The molecule has 1 fully saturated rings. The lowest BCUT2D eigenvalue weighted by molar-refractivity contribution is -0.114. The number of nitrogens with two attached hydrogens (primary N) is 3. The Morgan fingerprint density at radius 1 is 1.09 bits per heavy atom. The Morgan fingerprint density at radius 3 is 2.39 bits per heavy atom. The third-order valence-corrected chi connectivity index (χ3v) is 5.90. The van der Waals surface area contributed by atoms with Crippen molar-refractivity contribution in [2.24, 2.45) is 22.2 Å². The molecule has 0 aromatic heterocycles. The van der Waals surface area contributed by atoms with Crippen LogP contribution < -0.4 is 27.3 Å². The minimum Gasteiger partial charge on any atom is -0.496 e. The maximum Gasteiger partial charge on any atom is 0.255 e. The van der Waals surface area contributed by atoms with Crippen LogP contribution in [0.4, 0.5) is 0 Å². The van der Waals surface area contributed by atoms with Gasteiger partial charge >= 0.3 is 0 Å². The number of aliphatic imine (C=N–C) groups is 1. The number of nitrogens with one attached hydrogen (secondary N) is 1. The minimum absolute atomic E-state index is 0.00903. The number of amidine groups is 1. The number of primary amides is 1. The zero-order valence-corrected chi connectivity index (χ0v) is 19.1. The molecule has 33 heavy (non-hydrogen) atoms. The minimum atomic E-state index is -0.748. The van der Waals surface area contributed by atoms with Gasteiger partial charge in [0, 0.05) is 11.9 Å². The van der Waals surface area contributed by atoms with E-state index in [1.807, 2.05) is 0 Å². The van der Waals surface area contributed by atoms with Crippen molar-refractivity contribution in [2.45, 2.75) is 37.2 Å². The molecule has 2 aromatic rings. The van der Waals surface area contributed by atoms with Crippen LogP contribution >= 0.6 is 11.6 Å². The van der Waals surface area contributed by atoms with E-state index in [2.05, 4.69) is 10.3 Å². The van der Waals surface area contributed by atoms with Gasteiger partial charge in [-0.15, -0.1) is 11.6 Å². The standard InChI is InChI=1S/C24H28ClN5O3/c1-33-19-5-3-2-4-18(19)24(32)29-13-14-6-8-15(9-7-14)21(26)20(23(28)31)22(27)30-17-11-10-16(25)12-17/h2-9,16-17H,10-13,26H2,1H3,(H2,27,30)(H2,28,31)(H,29,32). The highest BCUT2D eigenvalue weighted by Crippen LogP contribution is 2.27. The molecule has 0 radical (unpaired) electrons. The monoisotopic (exact) mass is 469 g/mol. The molecule has 174 valence electrons. The van der Waals surface area contributed by atoms with Crippen molar-refractivity contribution in [1.82, 2.24) is 5.32 Å². The highest BCUT2D eigenvalue weighted by Gasteiger charge is 2.24. The summed E-state index contributed by atoms with van der Waals surface area (Å²) in [6.07, 6.45) is 2.35. The molecule has 0 saturated heterocycles. The average molecular weight is 470 g/mol. The number of methoxy groups -OCH3 is 1. The number of amides is 2. The molecular weight excluding hydrogens is 442 g/mol. The fourth-order valence-corrected chi connectivity index (χ4v) is 4.07. The smallest absolute Gasteiger partial charge is 0.255 e. The molecule has 1 saturated carbocycles. The van der Waals surface area contributed by atoms with Gasteiger partial charge < -0.3 is 27.3 Å². The zero-order valence-electron chi connectivity index (χ0n) is 18.4. The van der Waals surface area contributed by atoms with Crippen molar-refractivity contribution >= 4 is 34.9 Å². The van der Waals surface area contributed by atoms with Crippen molar-refractivity contribution < 1.29 is 14.3 Å². The summed E-state index contributed by atoms with van der Waals surface area (Å²) >= 11 is 6.13. The lowest BCUT2D eigenvalue weighted by atomic mass is 10.0. The van der Waals surface area contributed by atoms with Gasteiger partial charge in [-0.05, 0) is 42.5 Å². The summed E-state index contributed by atoms with van der Waals surface area (Å²) in [5, 5.41) is 2.91. The van der Waals surface area contributed by atoms with Crippen molar-refractivity contribution in [3.8, 4) is 5.75 Å². The third kappa shape index (κ3) is 6.04. The highest BCUT2D eigenvalue weighted by molar-refractivity contribution is 6.24. The van der Waals surface area contributed by atoms with Crippen LogP contribution in [0.25, 0.3) is 5.70 Å². The molecule has 0 bridgehead atoms. The molecule has 2 unspecified atom stereocenters. The first-order valence-electron chi connectivity index (χ1n) is 10.6. The maximum absolute atomic E-state index is 12.5. The highest BCUT2D eigenvalue weighted by atomic mass is 35.5. The van der Waals surface area contributed by atoms with Crippen LogP contribution in [-0.2, 0) is 11.3 Å². The molecule has 3 rings (SSSR count). The summed E-state index contributed by atoms with van der Waals surface area (Å²) in [4.78, 5) is 29.0. The number of hydrogen-bond donors (Lipinski definition) is 4. The van der Waals surface area contributed by atoms with E-state index in [9.17, 15) is 9.59 Å². The van der Waals surface area contributed by atoms with Crippen molar-refractivity contribution in [3.05, 3.63) is 70.8 Å². The molecule has 2 amide bonds. The number of alkyl halides is 1. The van der Waals surface area contributed by atoms with Gasteiger partial charge in [0.1, 0.15) is 17.2 Å². The first-order valence-corrected chi connectivity index (χ1v) is 11.0. The van der Waals surface area contributed by atoms with E-state index in [1.54, 1.807) is 48.5 Å². The van der Waals surface area contributed by atoms with E-state index in [-0.39, 0.29) is 34.4 Å². The van der Waals surface area contributed by atoms with Gasteiger partial charge in [0.15, 0.2) is 0 Å². The van der Waals surface area contributed by atoms with Gasteiger partial charge in [0.2, 0.25) is 0 Å². The second-order valence-corrected chi connectivity index (χ2v) is 8.43. The number of benzene rings is 2. The summed E-state index contributed by atoms with van der Waals surface area (Å²) in [6, 6.07) is 14.0. The summed E-state index contributed by atoms with van der Waals surface area (Å²) in [7, 11) is 1.52. The van der Waals surface area contributed by atoms with Crippen molar-refractivity contribution in [2.75, 3.05) is 7.11 Å². The van der Waals surface area contributed by atoms with Gasteiger partial charge in [-0.3, -0.25) is 14.6 Å². The molecule has 9 heteroatoms. The van der Waals surface area contributed by atoms with Crippen LogP contribution in [0.15, 0.2) is 59.1 Å². The Kier molecular flexibility index (Phi) is 7.95. The molecule has 0 heterocycles. The van der Waals surface area contributed by atoms with Gasteiger partial charge in [0.05, 0.1) is 24.4 Å². The predicted molar refractivity (Wildman–Crippen MR) is 130 cm³/mol. The van der Waals surface area contributed by atoms with Gasteiger partial charge in [-0.1, -0.05) is 36.4 Å². The molecule has 1 aliphatic rings. The number of carbonyl (C=O) groups excluding carboxylic acids is 2. The number of para-hydroxylation sites is 1. The van der Waals surface area contributed by atoms with Crippen LogP contribution in [0.1, 0.15) is 40.7 Å². The lowest BCUT2D eigenvalue weighted by Crippen LogP contribution is -2.30. The number of nitrogens with zero attached hydrogens (tertiary/aromatic N) is 1. The van der Waals surface area contributed by atoms with Crippen molar-refractivity contribution in [1.29, 1.82) is 0 Å². The quantitative estimate of drug-likeness (QED) is 0.203. The predicted octanol–water partition coefficient (Wildman–Crippen LogP) is 2.30. The van der Waals surface area contributed by atoms with Gasteiger partial charge in [-0.2, -0.15) is 0 Å². The van der Waals surface area contributed by atoms with E-state index in [4.69, 9.17) is 33.5 Å². The normalized spacial score (nSPS) is 19.0. The van der Waals surface area contributed by atoms with E-state index in [1.165, 1.54) is 7.11 Å². The maximum atomic E-state index is 12.5. The number of halogens is 1. The summed E-state index contributed by atoms with van der Waals surface area (Å²) < 4.78 is 5.22. The van der Waals surface area contributed by atoms with Crippen LogP contribution in [-0.4, -0.2) is 36.2 Å². The Morgan fingerprint density at radius 2 is 1.79 bits per heavy atom. The Hall–Kier alpha value is -3.52. The topological polar surface area (TPSA) is 146 Å². The summed E-state index contributed by atoms with van der Waals surface area (Å²) in [5.41, 5.74) is 19.9. The summed E-state index contributed by atoms with van der Waals surface area (Å²) in [6.45, 7) is 0.300. The molecule has 2 atom stereocenters. The number of hydrogen-bond acceptors (Lipinski definition) is 5. The fraction of sp³-hybridized carbons (Fsp3) is 0.292. The van der Waals surface area contributed by atoms with Crippen LogP contribution in [0.3, 0.4) is 0 Å². The fourth-order valence-electron chi connectivity index (χ4n) is 3.74. The number of carbonyl (C=O) groups is 2. The molecule has 0 spiro atoms. The number of ether oxygens (including phenoxy) is 1. The van der Waals surface area contributed by atoms with Crippen LogP contribution in [0.2, 0.25) is 0 Å². The average Bonchev–Trinajstić information content (AvgIpc) is 3.21. The second-order valence-electron chi connectivity index (χ2n) is 7.81. The first kappa shape index (κ1) is 24.1. The second kappa shape index (κ2) is 10.9. The molecule has 8 nitrogen and oxygen atoms in total. The molecule has 7 N–H and O–H groups in total. The Balaban J connectivity index is 1.73. The zero-order chi connectivity index (χ0) is 24.0. The third-order valence-electron chi connectivity index (χ3n) is 5.50. The van der Waals surface area contributed by atoms with E-state index in [0.717, 1.165) is 18.4 Å². The summed E-state index contributed by atoms with van der Waals surface area (Å²) in [5.74, 6) is -0.478. The van der Waals surface area contributed by atoms with Crippen LogP contribution in [0, 0.1) is 0 Å². The van der Waals surface area contributed by atoms with Crippen LogP contribution in [0.5, 0.6) is 5.75 Å². The molecule has 2 aromatic carbocycles. The van der Waals surface area contributed by atoms with Crippen molar-refractivity contribution in [3.63, 3.8) is 0 Å². The molecular formula is C24H28ClN5O3. The Bertz CT molecular complexity index is 1080. The van der Waals surface area contributed by atoms with E-state index >= 15 is 0 Å². The SMILES string of the molecule is COc1ccccc1C(=O)NCc1ccc(C(N)=C(C(N)=O)C(N)=NC2CCC(Cl)C2)cc1. The number of rotatable bonds is 8.